The molecule has 1 N–H and O–H groups in total. The van der Waals surface area contributed by atoms with Crippen molar-refractivity contribution in [1.82, 2.24) is 14.8 Å². The van der Waals surface area contributed by atoms with Crippen LogP contribution in [0, 0.1) is 10.1 Å². The molecule has 21 heavy (non-hydrogen) atoms. The SMILES string of the molecule is COc1ccc(-c2nnc(CO)n2C(C)C)cc1[N+](=O)[O-]. The lowest BCUT2D eigenvalue weighted by atomic mass is 10.1. The highest BCUT2D eigenvalue weighted by Gasteiger charge is 2.20. The lowest BCUT2D eigenvalue weighted by Crippen LogP contribution is -2.08. The molecule has 0 aliphatic carbocycles. The number of benzene rings is 1. The van der Waals surface area contributed by atoms with Gasteiger partial charge in [-0.3, -0.25) is 10.1 Å². The fourth-order valence-electron chi connectivity index (χ4n) is 2.14. The van der Waals surface area contributed by atoms with Gasteiger partial charge in [0.2, 0.25) is 0 Å². The predicted octanol–water partition coefficient (Wildman–Crippen LogP) is 1.94. The fraction of sp³-hybridized carbons (Fsp3) is 0.385. The summed E-state index contributed by atoms with van der Waals surface area (Å²) in [5, 5.41) is 28.3. The molecule has 0 amide bonds. The highest BCUT2D eigenvalue weighted by molar-refractivity contribution is 5.64. The maximum Gasteiger partial charge on any atom is 0.311 e. The second-order valence-electron chi connectivity index (χ2n) is 4.71. The van der Waals surface area contributed by atoms with Crippen LogP contribution in [0.4, 0.5) is 5.69 Å². The summed E-state index contributed by atoms with van der Waals surface area (Å²) >= 11 is 0. The minimum atomic E-state index is -0.509. The first-order valence-electron chi connectivity index (χ1n) is 6.37. The molecule has 0 bridgehead atoms. The lowest BCUT2D eigenvalue weighted by molar-refractivity contribution is -0.385. The summed E-state index contributed by atoms with van der Waals surface area (Å²) in [6, 6.07) is 4.60. The molecule has 0 spiro atoms. The van der Waals surface area contributed by atoms with Gasteiger partial charge in [0.05, 0.1) is 12.0 Å². The van der Waals surface area contributed by atoms with E-state index < -0.39 is 4.92 Å². The van der Waals surface area contributed by atoms with Gasteiger partial charge in [0.25, 0.3) is 0 Å². The Kier molecular flexibility index (Phi) is 4.18. The van der Waals surface area contributed by atoms with Crippen molar-refractivity contribution in [3.63, 3.8) is 0 Å². The molecule has 0 aliphatic heterocycles. The number of nitro benzene ring substituents is 1. The number of aliphatic hydroxyl groups excluding tert-OH is 1. The van der Waals surface area contributed by atoms with E-state index in [4.69, 9.17) is 4.74 Å². The average molecular weight is 292 g/mol. The number of rotatable bonds is 5. The normalized spacial score (nSPS) is 10.9. The smallest absolute Gasteiger partial charge is 0.311 e. The van der Waals surface area contributed by atoms with E-state index in [-0.39, 0.29) is 24.1 Å². The summed E-state index contributed by atoms with van der Waals surface area (Å²) < 4.78 is 6.72. The molecule has 8 nitrogen and oxygen atoms in total. The summed E-state index contributed by atoms with van der Waals surface area (Å²) in [6.45, 7) is 3.59. The van der Waals surface area contributed by atoms with E-state index in [2.05, 4.69) is 10.2 Å². The number of nitro groups is 1. The minimum Gasteiger partial charge on any atom is -0.490 e. The quantitative estimate of drug-likeness (QED) is 0.667. The zero-order valence-electron chi connectivity index (χ0n) is 12.0. The Hall–Kier alpha value is -2.48. The third kappa shape index (κ3) is 2.70. The number of hydrogen-bond donors (Lipinski definition) is 1. The van der Waals surface area contributed by atoms with E-state index >= 15 is 0 Å². The van der Waals surface area contributed by atoms with Gasteiger partial charge in [-0.2, -0.15) is 0 Å². The van der Waals surface area contributed by atoms with E-state index in [9.17, 15) is 15.2 Å². The van der Waals surface area contributed by atoms with Gasteiger partial charge >= 0.3 is 5.69 Å². The maximum absolute atomic E-state index is 11.1. The molecule has 2 aromatic rings. The van der Waals surface area contributed by atoms with E-state index in [0.29, 0.717) is 17.2 Å². The summed E-state index contributed by atoms with van der Waals surface area (Å²) in [7, 11) is 1.38. The van der Waals surface area contributed by atoms with E-state index in [1.807, 2.05) is 13.8 Å². The molecular formula is C13H16N4O4. The van der Waals surface area contributed by atoms with Crippen molar-refractivity contribution in [2.75, 3.05) is 7.11 Å². The van der Waals surface area contributed by atoms with Crippen molar-refractivity contribution in [2.45, 2.75) is 26.5 Å². The largest absolute Gasteiger partial charge is 0.490 e. The molecule has 0 aliphatic rings. The highest BCUT2D eigenvalue weighted by atomic mass is 16.6. The van der Waals surface area contributed by atoms with Gasteiger partial charge in [-0.05, 0) is 26.0 Å². The fourth-order valence-corrected chi connectivity index (χ4v) is 2.14. The second-order valence-corrected chi connectivity index (χ2v) is 4.71. The summed E-state index contributed by atoms with van der Waals surface area (Å²) in [5.74, 6) is 1.07. The molecule has 2 rings (SSSR count). The second kappa shape index (κ2) is 5.88. The van der Waals surface area contributed by atoms with Gasteiger partial charge in [0.1, 0.15) is 6.61 Å². The molecular weight excluding hydrogens is 276 g/mol. The van der Waals surface area contributed by atoms with Crippen LogP contribution in [-0.4, -0.2) is 31.9 Å². The van der Waals surface area contributed by atoms with Crippen molar-refractivity contribution in [1.29, 1.82) is 0 Å². The Morgan fingerprint density at radius 3 is 2.67 bits per heavy atom. The van der Waals surface area contributed by atoms with Crippen LogP contribution in [0.1, 0.15) is 25.7 Å². The van der Waals surface area contributed by atoms with Crippen molar-refractivity contribution < 1.29 is 14.8 Å². The van der Waals surface area contributed by atoms with E-state index in [1.54, 1.807) is 10.6 Å². The van der Waals surface area contributed by atoms with Crippen LogP contribution in [-0.2, 0) is 6.61 Å². The number of ether oxygens (including phenoxy) is 1. The Balaban J connectivity index is 2.60. The molecule has 8 heteroatoms. The minimum absolute atomic E-state index is 0.0123. The van der Waals surface area contributed by atoms with Crippen LogP contribution >= 0.6 is 0 Å². The van der Waals surface area contributed by atoms with Crippen molar-refractivity contribution >= 4 is 5.69 Å². The monoisotopic (exact) mass is 292 g/mol. The highest BCUT2D eigenvalue weighted by Crippen LogP contribution is 2.32. The van der Waals surface area contributed by atoms with Crippen LogP contribution in [0.3, 0.4) is 0 Å². The maximum atomic E-state index is 11.1. The van der Waals surface area contributed by atoms with Gasteiger partial charge in [-0.1, -0.05) is 0 Å². The summed E-state index contributed by atoms with van der Waals surface area (Å²) in [4.78, 5) is 10.6. The molecule has 0 atom stereocenters. The summed E-state index contributed by atoms with van der Waals surface area (Å²) in [5.41, 5.74) is 0.405. The Bertz CT molecular complexity index is 666. The van der Waals surface area contributed by atoms with E-state index in [1.165, 1.54) is 19.2 Å². The Morgan fingerprint density at radius 2 is 2.14 bits per heavy atom. The van der Waals surface area contributed by atoms with E-state index in [0.717, 1.165) is 0 Å². The standard InChI is InChI=1S/C13H16N4O4/c1-8(2)16-12(7-18)14-15-13(16)9-4-5-11(21-3)10(6-9)17(19)20/h4-6,8,18H,7H2,1-3H3. The van der Waals surface area contributed by atoms with Crippen LogP contribution in [0.5, 0.6) is 5.75 Å². The number of nitrogens with zero attached hydrogens (tertiary/aromatic N) is 4. The number of methoxy groups -OCH3 is 1. The molecule has 1 heterocycles. The molecule has 0 unspecified atom stereocenters. The lowest BCUT2D eigenvalue weighted by Gasteiger charge is -2.13. The van der Waals surface area contributed by atoms with Crippen LogP contribution in [0.15, 0.2) is 18.2 Å². The Morgan fingerprint density at radius 1 is 1.43 bits per heavy atom. The zero-order valence-corrected chi connectivity index (χ0v) is 12.0. The van der Waals surface area contributed by atoms with Crippen molar-refractivity contribution in [3.8, 4) is 17.1 Å². The van der Waals surface area contributed by atoms with Crippen LogP contribution in [0.25, 0.3) is 11.4 Å². The molecule has 1 aromatic heterocycles. The molecule has 0 fully saturated rings. The number of hydrogen-bond acceptors (Lipinski definition) is 6. The Labute approximate surface area is 121 Å². The predicted molar refractivity (Wildman–Crippen MR) is 75.0 cm³/mol. The number of aliphatic hydroxyl groups is 1. The first-order valence-corrected chi connectivity index (χ1v) is 6.37. The molecule has 0 saturated heterocycles. The molecule has 0 saturated carbocycles. The van der Waals surface area contributed by atoms with Gasteiger partial charge in [0, 0.05) is 17.7 Å². The molecule has 112 valence electrons. The molecule has 0 radical (unpaired) electrons. The third-order valence-corrected chi connectivity index (χ3v) is 3.06. The third-order valence-electron chi connectivity index (χ3n) is 3.06. The zero-order chi connectivity index (χ0) is 15.6. The van der Waals surface area contributed by atoms with Crippen molar-refractivity contribution in [2.24, 2.45) is 0 Å². The first kappa shape index (κ1) is 14.9. The first-order chi connectivity index (χ1) is 9.99. The van der Waals surface area contributed by atoms with Gasteiger partial charge in [-0.15, -0.1) is 10.2 Å². The molecule has 1 aromatic carbocycles. The van der Waals surface area contributed by atoms with Gasteiger partial charge in [-0.25, -0.2) is 0 Å². The van der Waals surface area contributed by atoms with Gasteiger partial charge < -0.3 is 14.4 Å². The topological polar surface area (TPSA) is 103 Å². The van der Waals surface area contributed by atoms with Crippen molar-refractivity contribution in [3.05, 3.63) is 34.1 Å². The van der Waals surface area contributed by atoms with Crippen LogP contribution in [0.2, 0.25) is 0 Å². The van der Waals surface area contributed by atoms with Gasteiger partial charge in [0.15, 0.2) is 17.4 Å². The average Bonchev–Trinajstić information content (AvgIpc) is 2.90. The summed E-state index contributed by atoms with van der Waals surface area (Å²) in [6.07, 6.45) is 0. The number of aromatic nitrogens is 3. The van der Waals surface area contributed by atoms with Crippen LogP contribution < -0.4 is 4.74 Å².